The number of amides is 1. The van der Waals surface area contributed by atoms with Gasteiger partial charge >= 0.3 is 6.09 Å². The number of ether oxygens (including phenoxy) is 3. The van der Waals surface area contributed by atoms with Gasteiger partial charge in [0.25, 0.3) is 0 Å². The minimum atomic E-state index is -0.571. The van der Waals surface area contributed by atoms with Gasteiger partial charge in [0, 0.05) is 43.2 Å². The number of unbranched alkanes of at least 4 members (excludes halogenated alkanes) is 1. The van der Waals surface area contributed by atoms with Crippen LogP contribution in [0.25, 0.3) is 11.1 Å². The summed E-state index contributed by atoms with van der Waals surface area (Å²) in [6.45, 7) is 9.38. The van der Waals surface area contributed by atoms with Gasteiger partial charge in [-0.25, -0.2) is 4.79 Å². The highest BCUT2D eigenvalue weighted by atomic mass is 16.6. The van der Waals surface area contributed by atoms with E-state index in [2.05, 4.69) is 17.1 Å². The van der Waals surface area contributed by atoms with E-state index in [4.69, 9.17) is 14.2 Å². The monoisotopic (exact) mass is 547 g/mol. The van der Waals surface area contributed by atoms with Crippen LogP contribution in [0.15, 0.2) is 60.7 Å². The molecule has 2 heterocycles. The molecule has 8 heteroatoms. The summed E-state index contributed by atoms with van der Waals surface area (Å²) in [5.74, 6) is 1.09. The van der Waals surface area contributed by atoms with Crippen LogP contribution in [0, 0.1) is 11.8 Å². The molecule has 4 rings (SSSR count). The van der Waals surface area contributed by atoms with E-state index in [0.717, 1.165) is 47.4 Å². The van der Waals surface area contributed by atoms with Crippen LogP contribution < -0.4 is 9.47 Å². The first-order chi connectivity index (χ1) is 19.3. The van der Waals surface area contributed by atoms with Gasteiger partial charge in [-0.3, -0.25) is 0 Å². The summed E-state index contributed by atoms with van der Waals surface area (Å²) >= 11 is 0. The second kappa shape index (κ2) is 13.6. The van der Waals surface area contributed by atoms with Crippen LogP contribution in [0.4, 0.5) is 4.79 Å². The van der Waals surface area contributed by atoms with Gasteiger partial charge in [0.2, 0.25) is 5.88 Å². The maximum atomic E-state index is 12.6. The summed E-state index contributed by atoms with van der Waals surface area (Å²) in [7, 11) is 0. The Hall–Kier alpha value is -3.65. The normalized spacial score (nSPS) is 17.1. The molecule has 1 amide bonds. The summed E-state index contributed by atoms with van der Waals surface area (Å²) in [5.41, 5.74) is 3.47. The first-order valence-electron chi connectivity index (χ1n) is 14.1. The van der Waals surface area contributed by atoms with Crippen molar-refractivity contribution >= 4 is 6.09 Å². The number of aromatic nitrogens is 2. The minimum Gasteiger partial charge on any atom is -0.489 e. The SMILES string of the molecule is CCCCc1nnc(OC[C@H]2CN(C(=O)OC(C)(C)C)C[C@@H]2CO)cc1-c1ccc(OCc2ccccc2)cc1. The highest BCUT2D eigenvalue weighted by molar-refractivity contribution is 5.69. The Morgan fingerprint density at radius 3 is 2.40 bits per heavy atom. The van der Waals surface area contributed by atoms with E-state index in [-0.39, 0.29) is 24.5 Å². The van der Waals surface area contributed by atoms with Crippen molar-refractivity contribution in [3.05, 3.63) is 71.9 Å². The zero-order valence-electron chi connectivity index (χ0n) is 24.0. The van der Waals surface area contributed by atoms with Crippen LogP contribution in [-0.2, 0) is 17.8 Å². The summed E-state index contributed by atoms with van der Waals surface area (Å²) in [6.07, 6.45) is 2.53. The molecule has 1 aliphatic heterocycles. The van der Waals surface area contributed by atoms with Crippen LogP contribution >= 0.6 is 0 Å². The van der Waals surface area contributed by atoms with E-state index in [1.807, 2.05) is 81.4 Å². The second-order valence-corrected chi connectivity index (χ2v) is 11.3. The van der Waals surface area contributed by atoms with E-state index < -0.39 is 5.60 Å². The molecular weight excluding hydrogens is 506 g/mol. The second-order valence-electron chi connectivity index (χ2n) is 11.3. The molecule has 1 N–H and O–H groups in total. The van der Waals surface area contributed by atoms with E-state index in [1.54, 1.807) is 4.90 Å². The molecular formula is C32H41N3O5. The average Bonchev–Trinajstić information content (AvgIpc) is 3.38. The molecule has 1 aromatic heterocycles. The highest BCUT2D eigenvalue weighted by Gasteiger charge is 2.37. The van der Waals surface area contributed by atoms with Gasteiger partial charge in [-0.05, 0) is 56.9 Å². The molecule has 40 heavy (non-hydrogen) atoms. The molecule has 214 valence electrons. The van der Waals surface area contributed by atoms with Crippen molar-refractivity contribution in [2.24, 2.45) is 11.8 Å². The molecule has 1 fully saturated rings. The standard InChI is InChI=1S/C32H41N3O5/c1-5-6-12-29-28(24-13-15-27(16-14-24)38-21-23-10-8-7-9-11-23)17-30(34-33-29)39-22-26-19-35(18-25(26)20-36)31(37)40-32(2,3)4/h7-11,13-17,25-26,36H,5-6,12,18-22H2,1-4H3/t25-,26-/m1/s1. The Kier molecular flexibility index (Phi) is 9.98. The van der Waals surface area contributed by atoms with Gasteiger partial charge in [0.1, 0.15) is 18.0 Å². The van der Waals surface area contributed by atoms with Crippen molar-refractivity contribution in [1.82, 2.24) is 15.1 Å². The lowest BCUT2D eigenvalue weighted by atomic mass is 9.98. The fourth-order valence-corrected chi connectivity index (χ4v) is 4.72. The zero-order chi connectivity index (χ0) is 28.5. The predicted octanol–water partition coefficient (Wildman–Crippen LogP) is 5.92. The number of aliphatic hydroxyl groups excluding tert-OH is 1. The number of carbonyl (C=O) groups is 1. The largest absolute Gasteiger partial charge is 0.489 e. The van der Waals surface area contributed by atoms with Crippen molar-refractivity contribution < 1.29 is 24.1 Å². The van der Waals surface area contributed by atoms with Gasteiger partial charge in [-0.1, -0.05) is 55.8 Å². The Morgan fingerprint density at radius 1 is 1.00 bits per heavy atom. The first-order valence-corrected chi connectivity index (χ1v) is 14.1. The van der Waals surface area contributed by atoms with Crippen molar-refractivity contribution in [1.29, 1.82) is 0 Å². The third-order valence-corrected chi connectivity index (χ3v) is 6.94. The molecule has 3 aromatic rings. The molecule has 2 atom stereocenters. The number of carbonyl (C=O) groups excluding carboxylic acids is 1. The van der Waals surface area contributed by atoms with Crippen LogP contribution in [0.3, 0.4) is 0 Å². The quantitative estimate of drug-likeness (QED) is 0.318. The minimum absolute atomic E-state index is 0.0289. The Morgan fingerprint density at radius 2 is 1.73 bits per heavy atom. The van der Waals surface area contributed by atoms with Crippen LogP contribution in [0.1, 0.15) is 51.8 Å². The molecule has 0 aliphatic carbocycles. The summed E-state index contributed by atoms with van der Waals surface area (Å²) < 4.78 is 17.6. The number of benzene rings is 2. The molecule has 1 aliphatic rings. The lowest BCUT2D eigenvalue weighted by Gasteiger charge is -2.24. The lowest BCUT2D eigenvalue weighted by Crippen LogP contribution is -2.35. The number of likely N-dealkylation sites (tertiary alicyclic amines) is 1. The van der Waals surface area contributed by atoms with E-state index in [9.17, 15) is 9.90 Å². The zero-order valence-corrected chi connectivity index (χ0v) is 24.0. The van der Waals surface area contributed by atoms with Gasteiger partial charge in [-0.15, -0.1) is 5.10 Å². The van der Waals surface area contributed by atoms with Gasteiger partial charge < -0.3 is 24.2 Å². The molecule has 0 unspecified atom stereocenters. The third-order valence-electron chi connectivity index (χ3n) is 6.94. The number of hydrogen-bond donors (Lipinski definition) is 1. The summed E-state index contributed by atoms with van der Waals surface area (Å²) in [5, 5.41) is 18.8. The van der Waals surface area contributed by atoms with Crippen molar-refractivity contribution in [2.45, 2.75) is 59.2 Å². The van der Waals surface area contributed by atoms with Crippen molar-refractivity contribution in [2.75, 3.05) is 26.3 Å². The molecule has 0 radical (unpaired) electrons. The summed E-state index contributed by atoms with van der Waals surface area (Å²) in [6, 6.07) is 20.0. The third kappa shape index (κ3) is 8.18. The molecule has 8 nitrogen and oxygen atoms in total. The van der Waals surface area contributed by atoms with Gasteiger partial charge in [-0.2, -0.15) is 5.10 Å². The van der Waals surface area contributed by atoms with Gasteiger partial charge in [0.05, 0.1) is 12.3 Å². The van der Waals surface area contributed by atoms with Crippen molar-refractivity contribution in [3.8, 4) is 22.8 Å². The van der Waals surface area contributed by atoms with Crippen LogP contribution in [-0.4, -0.2) is 58.2 Å². The lowest BCUT2D eigenvalue weighted by molar-refractivity contribution is 0.0279. The fraction of sp³-hybridized carbons (Fsp3) is 0.469. The van der Waals surface area contributed by atoms with Crippen LogP contribution in [0.5, 0.6) is 11.6 Å². The predicted molar refractivity (Wildman–Crippen MR) is 154 cm³/mol. The maximum Gasteiger partial charge on any atom is 0.410 e. The first kappa shape index (κ1) is 29.3. The number of rotatable bonds is 11. The van der Waals surface area contributed by atoms with Crippen LogP contribution in [0.2, 0.25) is 0 Å². The maximum absolute atomic E-state index is 12.6. The molecule has 0 bridgehead atoms. The topological polar surface area (TPSA) is 94.0 Å². The smallest absolute Gasteiger partial charge is 0.410 e. The Bertz CT molecular complexity index is 1230. The summed E-state index contributed by atoms with van der Waals surface area (Å²) in [4.78, 5) is 14.2. The molecule has 0 spiro atoms. The molecule has 1 saturated heterocycles. The average molecular weight is 548 g/mol. The van der Waals surface area contributed by atoms with E-state index in [1.165, 1.54) is 0 Å². The number of hydrogen-bond acceptors (Lipinski definition) is 7. The Labute approximate surface area is 237 Å². The number of aliphatic hydroxyl groups is 1. The van der Waals surface area contributed by atoms with Crippen molar-refractivity contribution in [3.63, 3.8) is 0 Å². The number of aryl methyl sites for hydroxylation is 1. The number of nitrogens with zero attached hydrogens (tertiary/aromatic N) is 3. The Balaban J connectivity index is 1.44. The van der Waals surface area contributed by atoms with E-state index in [0.29, 0.717) is 32.2 Å². The van der Waals surface area contributed by atoms with E-state index >= 15 is 0 Å². The van der Waals surface area contributed by atoms with Gasteiger partial charge in [0.15, 0.2) is 0 Å². The highest BCUT2D eigenvalue weighted by Crippen LogP contribution is 2.30. The molecule has 0 saturated carbocycles. The molecule has 2 aromatic carbocycles. The fourth-order valence-electron chi connectivity index (χ4n) is 4.72.